The van der Waals surface area contributed by atoms with Crippen molar-refractivity contribution >= 4 is 11.7 Å². The Morgan fingerprint density at radius 2 is 1.85 bits per heavy atom. The third-order valence-corrected chi connectivity index (χ3v) is 4.09. The SMILES string of the molecule is COC(=O)c1ccc(-c2cncc(NCCc3ccccc3O)c2)cc1. The lowest BCUT2D eigenvalue weighted by molar-refractivity contribution is 0.0601. The van der Waals surface area contributed by atoms with Crippen LogP contribution >= 0.6 is 0 Å². The lowest BCUT2D eigenvalue weighted by Gasteiger charge is -2.09. The monoisotopic (exact) mass is 348 g/mol. The maximum Gasteiger partial charge on any atom is 0.337 e. The fraction of sp³-hybridized carbons (Fsp3) is 0.143. The average molecular weight is 348 g/mol. The van der Waals surface area contributed by atoms with E-state index in [1.165, 1.54) is 7.11 Å². The van der Waals surface area contributed by atoms with Crippen LogP contribution in [0.1, 0.15) is 15.9 Å². The maximum atomic E-state index is 11.5. The van der Waals surface area contributed by atoms with Gasteiger partial charge in [0, 0.05) is 24.5 Å². The van der Waals surface area contributed by atoms with Gasteiger partial charge in [-0.3, -0.25) is 4.98 Å². The van der Waals surface area contributed by atoms with E-state index in [-0.39, 0.29) is 5.97 Å². The molecule has 3 rings (SSSR count). The molecular formula is C21H20N2O3. The van der Waals surface area contributed by atoms with Crippen molar-refractivity contribution in [2.24, 2.45) is 0 Å². The molecule has 0 atom stereocenters. The Labute approximate surface area is 152 Å². The van der Waals surface area contributed by atoms with Gasteiger partial charge in [0.2, 0.25) is 0 Å². The summed E-state index contributed by atoms with van der Waals surface area (Å²) in [6.07, 6.45) is 4.25. The van der Waals surface area contributed by atoms with Crippen molar-refractivity contribution in [3.8, 4) is 16.9 Å². The molecule has 0 radical (unpaired) electrons. The summed E-state index contributed by atoms with van der Waals surface area (Å²) in [5.41, 5.74) is 4.24. The highest BCUT2D eigenvalue weighted by atomic mass is 16.5. The Hall–Kier alpha value is -3.34. The molecule has 132 valence electrons. The highest BCUT2D eigenvalue weighted by Gasteiger charge is 2.06. The number of anilines is 1. The Bertz CT molecular complexity index is 892. The largest absolute Gasteiger partial charge is 0.508 e. The smallest absolute Gasteiger partial charge is 0.337 e. The van der Waals surface area contributed by atoms with Crippen molar-refractivity contribution in [1.29, 1.82) is 0 Å². The molecule has 1 heterocycles. The van der Waals surface area contributed by atoms with Crippen molar-refractivity contribution in [3.05, 3.63) is 78.1 Å². The van der Waals surface area contributed by atoms with Gasteiger partial charge in [-0.25, -0.2) is 4.79 Å². The van der Waals surface area contributed by atoms with Crippen LogP contribution in [0.25, 0.3) is 11.1 Å². The number of carbonyl (C=O) groups is 1. The zero-order valence-electron chi connectivity index (χ0n) is 14.5. The number of methoxy groups -OCH3 is 1. The molecule has 2 N–H and O–H groups in total. The van der Waals surface area contributed by atoms with E-state index in [4.69, 9.17) is 4.74 Å². The van der Waals surface area contributed by atoms with E-state index in [1.54, 1.807) is 30.6 Å². The molecule has 2 aromatic carbocycles. The number of benzene rings is 2. The van der Waals surface area contributed by atoms with Crippen LogP contribution in [0.3, 0.4) is 0 Å². The summed E-state index contributed by atoms with van der Waals surface area (Å²) < 4.78 is 4.71. The summed E-state index contributed by atoms with van der Waals surface area (Å²) in [5.74, 6) is -0.0406. The number of phenolic OH excluding ortho intramolecular Hbond substituents is 1. The minimum Gasteiger partial charge on any atom is -0.508 e. The van der Waals surface area contributed by atoms with E-state index in [0.29, 0.717) is 24.3 Å². The van der Waals surface area contributed by atoms with Crippen LogP contribution in [0, 0.1) is 0 Å². The van der Waals surface area contributed by atoms with Crippen LogP contribution in [0.15, 0.2) is 67.0 Å². The molecular weight excluding hydrogens is 328 g/mol. The molecule has 0 spiro atoms. The summed E-state index contributed by atoms with van der Waals surface area (Å²) in [6, 6.07) is 16.5. The van der Waals surface area contributed by atoms with Gasteiger partial charge >= 0.3 is 5.97 Å². The standard InChI is InChI=1S/C21H20N2O3/c1-26-21(25)17-8-6-15(7-9-17)18-12-19(14-22-13-18)23-11-10-16-4-2-3-5-20(16)24/h2-9,12-14,23-24H,10-11H2,1H3. The van der Waals surface area contributed by atoms with Crippen molar-refractivity contribution in [2.45, 2.75) is 6.42 Å². The average Bonchev–Trinajstić information content (AvgIpc) is 2.69. The lowest BCUT2D eigenvalue weighted by atomic mass is 10.1. The zero-order chi connectivity index (χ0) is 18.4. The number of para-hydroxylation sites is 1. The van der Waals surface area contributed by atoms with Gasteiger partial charge in [-0.05, 0) is 41.8 Å². The molecule has 0 unspecified atom stereocenters. The molecule has 0 amide bonds. The summed E-state index contributed by atoms with van der Waals surface area (Å²) >= 11 is 0. The third kappa shape index (κ3) is 4.19. The summed E-state index contributed by atoms with van der Waals surface area (Å²) in [7, 11) is 1.37. The van der Waals surface area contributed by atoms with Gasteiger partial charge in [-0.1, -0.05) is 30.3 Å². The van der Waals surface area contributed by atoms with Gasteiger partial charge in [0.1, 0.15) is 5.75 Å². The number of carbonyl (C=O) groups excluding carboxylic acids is 1. The van der Waals surface area contributed by atoms with E-state index >= 15 is 0 Å². The number of hydrogen-bond acceptors (Lipinski definition) is 5. The predicted molar refractivity (Wildman–Crippen MR) is 101 cm³/mol. The minimum absolute atomic E-state index is 0.312. The number of nitrogens with one attached hydrogen (secondary N) is 1. The van der Waals surface area contributed by atoms with E-state index in [0.717, 1.165) is 22.4 Å². The Morgan fingerprint density at radius 3 is 2.58 bits per heavy atom. The van der Waals surface area contributed by atoms with Crippen LogP contribution in [0.5, 0.6) is 5.75 Å². The molecule has 0 aliphatic heterocycles. The topological polar surface area (TPSA) is 71.5 Å². The number of pyridine rings is 1. The molecule has 0 saturated heterocycles. The molecule has 0 aliphatic rings. The first kappa shape index (κ1) is 17.5. The summed E-state index contributed by atoms with van der Waals surface area (Å²) in [5, 5.41) is 13.1. The fourth-order valence-corrected chi connectivity index (χ4v) is 2.67. The van der Waals surface area contributed by atoms with Gasteiger partial charge in [0.25, 0.3) is 0 Å². The fourth-order valence-electron chi connectivity index (χ4n) is 2.67. The van der Waals surface area contributed by atoms with Crippen LogP contribution in [0.2, 0.25) is 0 Å². The number of rotatable bonds is 6. The number of esters is 1. The molecule has 3 aromatic rings. The number of ether oxygens (including phenoxy) is 1. The van der Waals surface area contributed by atoms with Gasteiger partial charge in [-0.2, -0.15) is 0 Å². The second-order valence-electron chi connectivity index (χ2n) is 5.84. The van der Waals surface area contributed by atoms with Crippen molar-refractivity contribution < 1.29 is 14.6 Å². The van der Waals surface area contributed by atoms with E-state index < -0.39 is 0 Å². The highest BCUT2D eigenvalue weighted by Crippen LogP contribution is 2.22. The highest BCUT2D eigenvalue weighted by molar-refractivity contribution is 5.90. The number of hydrogen-bond donors (Lipinski definition) is 2. The number of aromatic hydroxyl groups is 1. The van der Waals surface area contributed by atoms with E-state index in [1.807, 2.05) is 36.4 Å². The van der Waals surface area contributed by atoms with Crippen molar-refractivity contribution in [3.63, 3.8) is 0 Å². The molecule has 5 heteroatoms. The quantitative estimate of drug-likeness (QED) is 0.661. The minimum atomic E-state index is -0.353. The normalized spacial score (nSPS) is 10.3. The van der Waals surface area contributed by atoms with Gasteiger partial charge in [0.15, 0.2) is 0 Å². The number of nitrogens with zero attached hydrogens (tertiary/aromatic N) is 1. The first-order valence-electron chi connectivity index (χ1n) is 8.32. The van der Waals surface area contributed by atoms with Crippen LogP contribution in [-0.4, -0.2) is 29.7 Å². The zero-order valence-corrected chi connectivity index (χ0v) is 14.5. The molecule has 0 aliphatic carbocycles. The predicted octanol–water partition coefficient (Wildman–Crippen LogP) is 3.90. The Morgan fingerprint density at radius 1 is 1.08 bits per heavy atom. The first-order chi connectivity index (χ1) is 12.7. The summed E-state index contributed by atoms with van der Waals surface area (Å²) in [6.45, 7) is 0.685. The number of aromatic nitrogens is 1. The molecule has 5 nitrogen and oxygen atoms in total. The molecule has 0 bridgehead atoms. The first-order valence-corrected chi connectivity index (χ1v) is 8.32. The molecule has 26 heavy (non-hydrogen) atoms. The third-order valence-electron chi connectivity index (χ3n) is 4.09. The second-order valence-corrected chi connectivity index (χ2v) is 5.84. The van der Waals surface area contributed by atoms with E-state index in [9.17, 15) is 9.90 Å². The molecule has 1 aromatic heterocycles. The second kappa shape index (κ2) is 8.16. The van der Waals surface area contributed by atoms with Gasteiger partial charge in [-0.15, -0.1) is 0 Å². The van der Waals surface area contributed by atoms with Crippen molar-refractivity contribution in [1.82, 2.24) is 4.98 Å². The Balaban J connectivity index is 1.66. The van der Waals surface area contributed by atoms with E-state index in [2.05, 4.69) is 10.3 Å². The molecule has 0 fully saturated rings. The Kier molecular flexibility index (Phi) is 5.49. The van der Waals surface area contributed by atoms with Gasteiger partial charge < -0.3 is 15.2 Å². The van der Waals surface area contributed by atoms with Gasteiger partial charge in [0.05, 0.1) is 18.4 Å². The van der Waals surface area contributed by atoms with Crippen molar-refractivity contribution in [2.75, 3.05) is 19.0 Å². The van der Waals surface area contributed by atoms with Crippen LogP contribution < -0.4 is 5.32 Å². The number of phenols is 1. The molecule has 0 saturated carbocycles. The summed E-state index contributed by atoms with van der Waals surface area (Å²) in [4.78, 5) is 15.8. The van der Waals surface area contributed by atoms with Crippen LogP contribution in [0.4, 0.5) is 5.69 Å². The lowest BCUT2D eigenvalue weighted by Crippen LogP contribution is -2.05. The maximum absolute atomic E-state index is 11.5. The van der Waals surface area contributed by atoms with Crippen LogP contribution in [-0.2, 0) is 11.2 Å².